The fourth-order valence-corrected chi connectivity index (χ4v) is 2.24. The number of hydrogen-bond acceptors (Lipinski definition) is 5. The average molecular weight is 339 g/mol. The summed E-state index contributed by atoms with van der Waals surface area (Å²) in [5.41, 5.74) is 1.16. The van der Waals surface area contributed by atoms with Crippen LogP contribution in [-0.4, -0.2) is 28.9 Å². The molecule has 0 saturated carbocycles. The summed E-state index contributed by atoms with van der Waals surface area (Å²) in [4.78, 5) is 15.9. The summed E-state index contributed by atoms with van der Waals surface area (Å²) in [6.07, 6.45) is 1.12. The number of halogens is 2. The maximum atomic E-state index is 14.0. The summed E-state index contributed by atoms with van der Waals surface area (Å²) in [6.45, 7) is 0.832. The molecule has 0 fully saturated rings. The first-order valence-corrected chi connectivity index (χ1v) is 7.20. The second-order valence-electron chi connectivity index (χ2n) is 5.30. The lowest BCUT2D eigenvalue weighted by atomic mass is 10.1. The fourth-order valence-electron chi connectivity index (χ4n) is 2.01. The van der Waals surface area contributed by atoms with Crippen molar-refractivity contribution in [2.75, 3.05) is 19.4 Å². The van der Waals surface area contributed by atoms with Crippen molar-refractivity contribution in [1.29, 1.82) is 0 Å². The van der Waals surface area contributed by atoms with Gasteiger partial charge >= 0.3 is 0 Å². The zero-order chi connectivity index (χ0) is 17.0. The third-order valence-corrected chi connectivity index (χ3v) is 3.39. The van der Waals surface area contributed by atoms with Crippen molar-refractivity contribution < 1.29 is 9.31 Å². The number of aromatic nitrogens is 1. The Hall–Kier alpha value is -2.25. The smallest absolute Gasteiger partial charge is 0.289 e. The Morgan fingerprint density at radius 3 is 2.70 bits per heavy atom. The molecule has 0 aliphatic heterocycles. The van der Waals surface area contributed by atoms with E-state index in [1.807, 2.05) is 25.1 Å². The quantitative estimate of drug-likeness (QED) is 0.645. The summed E-state index contributed by atoms with van der Waals surface area (Å²) in [5, 5.41) is 13.7. The monoisotopic (exact) mass is 338 g/mol. The Balaban J connectivity index is 2.06. The maximum absolute atomic E-state index is 14.0. The molecule has 0 amide bonds. The van der Waals surface area contributed by atoms with E-state index >= 15 is 0 Å². The van der Waals surface area contributed by atoms with Gasteiger partial charge in [0.1, 0.15) is 17.8 Å². The summed E-state index contributed by atoms with van der Waals surface area (Å²) in [7, 11) is 3.74. The number of nitrogens with one attached hydrogen (secondary N) is 1. The molecule has 6 nitrogen and oxygen atoms in total. The minimum Gasteiger partial charge on any atom is -0.365 e. The molecular formula is C15H16ClFN4O2. The van der Waals surface area contributed by atoms with E-state index in [1.54, 1.807) is 6.07 Å². The largest absolute Gasteiger partial charge is 0.365 e. The second-order valence-corrected chi connectivity index (χ2v) is 5.71. The van der Waals surface area contributed by atoms with Gasteiger partial charge in [-0.1, -0.05) is 23.7 Å². The molecule has 2 rings (SSSR count). The lowest BCUT2D eigenvalue weighted by molar-refractivity contribution is -0.385. The van der Waals surface area contributed by atoms with Gasteiger partial charge in [-0.05, 0) is 25.7 Å². The van der Waals surface area contributed by atoms with Crippen molar-refractivity contribution in [2.45, 2.75) is 13.1 Å². The molecule has 23 heavy (non-hydrogen) atoms. The van der Waals surface area contributed by atoms with Crippen molar-refractivity contribution in [3.63, 3.8) is 0 Å². The lowest BCUT2D eigenvalue weighted by Gasteiger charge is -2.12. The van der Waals surface area contributed by atoms with Crippen LogP contribution in [0.2, 0.25) is 5.02 Å². The van der Waals surface area contributed by atoms with Gasteiger partial charge in [0.2, 0.25) is 0 Å². The highest BCUT2D eigenvalue weighted by Crippen LogP contribution is 2.24. The van der Waals surface area contributed by atoms with Crippen LogP contribution in [0.25, 0.3) is 0 Å². The molecule has 0 atom stereocenters. The molecule has 1 aromatic heterocycles. The summed E-state index contributed by atoms with van der Waals surface area (Å²) in [5.74, 6) is 0.0378. The number of anilines is 1. The summed E-state index contributed by atoms with van der Waals surface area (Å²) < 4.78 is 14.0. The molecule has 0 radical (unpaired) electrons. The minimum absolute atomic E-state index is 0.142. The topological polar surface area (TPSA) is 71.3 Å². The Kier molecular flexibility index (Phi) is 5.46. The number of nitro groups is 1. The highest BCUT2D eigenvalue weighted by molar-refractivity contribution is 6.33. The van der Waals surface area contributed by atoms with Crippen LogP contribution >= 0.6 is 11.6 Å². The van der Waals surface area contributed by atoms with Gasteiger partial charge in [-0.2, -0.15) is 0 Å². The number of pyridine rings is 1. The van der Waals surface area contributed by atoms with Crippen molar-refractivity contribution in [3.8, 4) is 0 Å². The van der Waals surface area contributed by atoms with E-state index in [9.17, 15) is 14.5 Å². The van der Waals surface area contributed by atoms with Crippen LogP contribution in [0.5, 0.6) is 0 Å². The van der Waals surface area contributed by atoms with E-state index in [1.165, 1.54) is 12.1 Å². The van der Waals surface area contributed by atoms with Gasteiger partial charge in [0.05, 0.1) is 9.95 Å². The zero-order valence-electron chi connectivity index (χ0n) is 12.7. The van der Waals surface area contributed by atoms with Crippen LogP contribution < -0.4 is 5.32 Å². The number of hydrogen-bond donors (Lipinski definition) is 1. The van der Waals surface area contributed by atoms with Crippen LogP contribution in [0.4, 0.5) is 15.9 Å². The van der Waals surface area contributed by atoms with Crippen molar-refractivity contribution in [2.24, 2.45) is 0 Å². The predicted octanol–water partition coefficient (Wildman–Crippen LogP) is 3.46. The Labute approximate surface area is 138 Å². The molecule has 8 heteroatoms. The molecular weight excluding hydrogens is 323 g/mol. The first kappa shape index (κ1) is 17.1. The van der Waals surface area contributed by atoms with E-state index < -0.39 is 4.92 Å². The molecule has 0 bridgehead atoms. The molecule has 0 aliphatic rings. The van der Waals surface area contributed by atoms with Crippen LogP contribution in [0, 0.1) is 15.9 Å². The van der Waals surface area contributed by atoms with Crippen LogP contribution in [0.3, 0.4) is 0 Å². The standard InChI is InChI=1S/C15H16ClFN4O2/c1-20(2)9-11-4-3-10(5-14(11)17)7-18-15-13(16)6-12(8-19-15)21(22)23/h3-6,8H,7,9H2,1-2H3,(H,18,19). The number of rotatable bonds is 6. The van der Waals surface area contributed by atoms with Gasteiger partial charge in [-0.15, -0.1) is 0 Å². The van der Waals surface area contributed by atoms with E-state index in [4.69, 9.17) is 11.6 Å². The molecule has 0 aliphatic carbocycles. The number of benzene rings is 1. The van der Waals surface area contributed by atoms with Gasteiger partial charge in [-0.25, -0.2) is 9.37 Å². The van der Waals surface area contributed by atoms with E-state index in [-0.39, 0.29) is 16.5 Å². The van der Waals surface area contributed by atoms with Crippen LogP contribution in [-0.2, 0) is 13.1 Å². The molecule has 2 aromatic rings. The fraction of sp³-hybridized carbons (Fsp3) is 0.267. The highest BCUT2D eigenvalue weighted by Gasteiger charge is 2.11. The molecule has 1 aromatic carbocycles. The van der Waals surface area contributed by atoms with Crippen LogP contribution in [0.15, 0.2) is 30.5 Å². The highest BCUT2D eigenvalue weighted by atomic mass is 35.5. The predicted molar refractivity (Wildman–Crippen MR) is 87.0 cm³/mol. The maximum Gasteiger partial charge on any atom is 0.289 e. The van der Waals surface area contributed by atoms with E-state index in [2.05, 4.69) is 10.3 Å². The minimum atomic E-state index is -0.568. The average Bonchev–Trinajstić information content (AvgIpc) is 2.48. The molecule has 0 unspecified atom stereocenters. The van der Waals surface area contributed by atoms with Crippen LogP contribution in [0.1, 0.15) is 11.1 Å². The second kappa shape index (κ2) is 7.34. The molecule has 0 spiro atoms. The van der Waals surface area contributed by atoms with Crippen molar-refractivity contribution in [1.82, 2.24) is 9.88 Å². The summed E-state index contributed by atoms with van der Waals surface area (Å²) in [6, 6.07) is 6.22. The van der Waals surface area contributed by atoms with Gasteiger partial charge in [0.25, 0.3) is 5.69 Å². The molecule has 122 valence electrons. The van der Waals surface area contributed by atoms with Gasteiger partial charge in [0, 0.05) is 24.7 Å². The molecule has 1 N–H and O–H groups in total. The lowest BCUT2D eigenvalue weighted by Crippen LogP contribution is -2.12. The Morgan fingerprint density at radius 2 is 2.13 bits per heavy atom. The third-order valence-electron chi connectivity index (χ3n) is 3.10. The Morgan fingerprint density at radius 1 is 1.39 bits per heavy atom. The molecule has 0 saturated heterocycles. The first-order valence-electron chi connectivity index (χ1n) is 6.82. The normalized spacial score (nSPS) is 10.8. The zero-order valence-corrected chi connectivity index (χ0v) is 13.5. The van der Waals surface area contributed by atoms with Gasteiger partial charge in [0.15, 0.2) is 0 Å². The van der Waals surface area contributed by atoms with Gasteiger partial charge in [-0.3, -0.25) is 10.1 Å². The summed E-state index contributed by atoms with van der Waals surface area (Å²) >= 11 is 5.94. The van der Waals surface area contributed by atoms with Crippen molar-refractivity contribution >= 4 is 23.1 Å². The van der Waals surface area contributed by atoms with E-state index in [0.717, 1.165) is 11.8 Å². The first-order chi connectivity index (χ1) is 10.9. The Bertz CT molecular complexity index is 725. The number of nitrogens with zero attached hydrogens (tertiary/aromatic N) is 3. The molecule has 1 heterocycles. The SMILES string of the molecule is CN(C)Cc1ccc(CNc2ncc([N+](=O)[O-])cc2Cl)cc1F. The third kappa shape index (κ3) is 4.61. The van der Waals surface area contributed by atoms with Gasteiger partial charge < -0.3 is 10.2 Å². The van der Waals surface area contributed by atoms with E-state index in [0.29, 0.717) is 24.5 Å². The van der Waals surface area contributed by atoms with Crippen molar-refractivity contribution in [3.05, 3.63) is 62.5 Å².